The van der Waals surface area contributed by atoms with Crippen LogP contribution >= 0.6 is 0 Å². The summed E-state index contributed by atoms with van der Waals surface area (Å²) >= 11 is 0. The normalized spacial score (nSPS) is 16.2. The molecule has 9 heteroatoms. The van der Waals surface area contributed by atoms with Gasteiger partial charge in [-0.3, -0.25) is 4.79 Å². The number of nitroso groups, excluding NO2 is 1. The van der Waals surface area contributed by atoms with Crippen LogP contribution in [0.25, 0.3) is 0 Å². The molecule has 0 atom stereocenters. The molecule has 1 N–H and O–H groups in total. The van der Waals surface area contributed by atoms with E-state index in [1.807, 2.05) is 48.3 Å². The predicted octanol–water partition coefficient (Wildman–Crippen LogP) is 4.31. The van der Waals surface area contributed by atoms with Gasteiger partial charge in [0.2, 0.25) is 5.95 Å². The third-order valence-corrected chi connectivity index (χ3v) is 6.33. The Morgan fingerprint density at radius 1 is 0.970 bits per heavy atom. The van der Waals surface area contributed by atoms with Gasteiger partial charge in [0, 0.05) is 38.6 Å². The second-order valence-electron chi connectivity index (χ2n) is 8.34. The number of benzene rings is 2. The van der Waals surface area contributed by atoms with Crippen molar-refractivity contribution < 1.29 is 4.79 Å². The Bertz CT molecular complexity index is 1190. The first-order valence-corrected chi connectivity index (χ1v) is 11.0. The monoisotopic (exact) mass is 443 g/mol. The first-order chi connectivity index (χ1) is 16.0. The van der Waals surface area contributed by atoms with Crippen molar-refractivity contribution in [3.05, 3.63) is 65.2 Å². The van der Waals surface area contributed by atoms with Crippen LogP contribution in [0.1, 0.15) is 23.2 Å². The van der Waals surface area contributed by atoms with Gasteiger partial charge in [-0.05, 0) is 49.2 Å². The van der Waals surface area contributed by atoms with E-state index in [1.165, 1.54) is 0 Å². The molecule has 0 unspecified atom stereocenters. The summed E-state index contributed by atoms with van der Waals surface area (Å²) < 4.78 is 0. The molecule has 2 aromatic carbocycles. The van der Waals surface area contributed by atoms with Crippen molar-refractivity contribution in [1.29, 1.82) is 0 Å². The Morgan fingerprint density at radius 2 is 1.70 bits per heavy atom. The summed E-state index contributed by atoms with van der Waals surface area (Å²) in [7, 11) is 3.64. The molecule has 1 amide bonds. The number of fused-ring (bicyclic) bond motifs is 2. The number of hydrogen-bond donors (Lipinski definition) is 1. The quantitative estimate of drug-likeness (QED) is 0.600. The molecule has 0 spiro atoms. The van der Waals surface area contributed by atoms with Crippen LogP contribution in [-0.2, 0) is 0 Å². The summed E-state index contributed by atoms with van der Waals surface area (Å²) in [6.45, 7) is 1.66. The minimum Gasteiger partial charge on any atom is -0.371 e. The molecule has 0 aliphatic carbocycles. The van der Waals surface area contributed by atoms with Gasteiger partial charge in [-0.15, -0.1) is 0 Å². The molecule has 9 nitrogen and oxygen atoms in total. The van der Waals surface area contributed by atoms with Crippen molar-refractivity contribution in [3.8, 4) is 0 Å². The minimum atomic E-state index is -0.0935. The third kappa shape index (κ3) is 3.86. The summed E-state index contributed by atoms with van der Waals surface area (Å²) in [6.07, 6.45) is 3.25. The first kappa shape index (κ1) is 20.9. The highest BCUT2D eigenvalue weighted by molar-refractivity contribution is 6.13. The van der Waals surface area contributed by atoms with Crippen LogP contribution in [0.3, 0.4) is 0 Å². The summed E-state index contributed by atoms with van der Waals surface area (Å²) in [5.41, 5.74) is 4.05. The zero-order chi connectivity index (χ0) is 22.9. The van der Waals surface area contributed by atoms with E-state index < -0.39 is 0 Å². The number of nitrogens with one attached hydrogen (secondary N) is 1. The van der Waals surface area contributed by atoms with Gasteiger partial charge in [0.25, 0.3) is 5.91 Å². The van der Waals surface area contributed by atoms with Crippen LogP contribution < -0.4 is 20.0 Å². The standard InChI is InChI=1S/C24H25N7O2/c1-29-20-6-4-3-5-19(20)23(32)30(2)21-15-25-24(27-22(21)29)26-16-7-9-18(10-8-16)31-13-11-17(28-33)12-14-31/h3-10,15,17H,11-14H2,1-2H3,(H,25,26,27). The number of hydrogen-bond acceptors (Lipinski definition) is 8. The number of para-hydroxylation sites is 1. The fourth-order valence-electron chi connectivity index (χ4n) is 4.38. The van der Waals surface area contributed by atoms with Gasteiger partial charge >= 0.3 is 0 Å². The first-order valence-electron chi connectivity index (χ1n) is 11.0. The van der Waals surface area contributed by atoms with Gasteiger partial charge < -0.3 is 20.0 Å². The molecule has 3 aromatic rings. The number of carbonyl (C=O) groups is 1. The number of aromatic nitrogens is 2. The van der Waals surface area contributed by atoms with Gasteiger partial charge in [-0.2, -0.15) is 9.89 Å². The molecule has 168 valence electrons. The average molecular weight is 444 g/mol. The minimum absolute atomic E-state index is 0.0630. The fraction of sp³-hybridized carbons (Fsp3) is 0.292. The summed E-state index contributed by atoms with van der Waals surface area (Å²) in [4.78, 5) is 38.6. The SMILES string of the molecule is CN1C(=O)c2ccccc2N(C)c2nc(Nc3ccc(N4CCC(N=O)CC4)cc3)ncc21. The highest BCUT2D eigenvalue weighted by atomic mass is 16.3. The van der Waals surface area contributed by atoms with Crippen molar-refractivity contribution in [2.45, 2.75) is 18.9 Å². The molecule has 0 bridgehead atoms. The second-order valence-corrected chi connectivity index (χ2v) is 8.34. The molecular formula is C24H25N7O2. The molecule has 33 heavy (non-hydrogen) atoms. The Kier molecular flexibility index (Phi) is 5.37. The van der Waals surface area contributed by atoms with Crippen LogP contribution in [0.4, 0.5) is 34.5 Å². The second kappa shape index (κ2) is 8.50. The number of piperidine rings is 1. The van der Waals surface area contributed by atoms with E-state index in [0.29, 0.717) is 23.0 Å². The summed E-state index contributed by atoms with van der Waals surface area (Å²) in [6, 6.07) is 15.5. The molecule has 1 fully saturated rings. The van der Waals surface area contributed by atoms with E-state index in [0.717, 1.165) is 43.0 Å². The van der Waals surface area contributed by atoms with E-state index >= 15 is 0 Å². The van der Waals surface area contributed by atoms with Crippen molar-refractivity contribution in [3.63, 3.8) is 0 Å². The van der Waals surface area contributed by atoms with E-state index in [9.17, 15) is 9.70 Å². The fourth-order valence-corrected chi connectivity index (χ4v) is 4.38. The van der Waals surface area contributed by atoms with Gasteiger partial charge in [0.1, 0.15) is 5.69 Å². The zero-order valence-electron chi connectivity index (χ0n) is 18.6. The maximum absolute atomic E-state index is 12.9. The third-order valence-electron chi connectivity index (χ3n) is 6.33. The Hall–Kier alpha value is -4.01. The Labute approximate surface area is 192 Å². The number of rotatable bonds is 4. The lowest BCUT2D eigenvalue weighted by atomic mass is 10.1. The molecule has 2 aliphatic rings. The molecule has 0 radical (unpaired) electrons. The number of nitrogens with zero attached hydrogens (tertiary/aromatic N) is 6. The van der Waals surface area contributed by atoms with Crippen LogP contribution in [0.15, 0.2) is 59.9 Å². The van der Waals surface area contributed by atoms with E-state index in [2.05, 4.69) is 32.5 Å². The van der Waals surface area contributed by atoms with Crippen LogP contribution in [-0.4, -0.2) is 49.1 Å². The molecule has 1 aromatic heterocycles. The van der Waals surface area contributed by atoms with Crippen LogP contribution in [0.5, 0.6) is 0 Å². The largest absolute Gasteiger partial charge is 0.371 e. The number of carbonyl (C=O) groups excluding carboxylic acids is 1. The Balaban J connectivity index is 1.37. The summed E-state index contributed by atoms with van der Waals surface area (Å²) in [5, 5.41) is 6.44. The number of amides is 1. The molecule has 0 saturated carbocycles. The van der Waals surface area contributed by atoms with E-state index in [1.54, 1.807) is 18.1 Å². The lowest BCUT2D eigenvalue weighted by Crippen LogP contribution is -2.35. The van der Waals surface area contributed by atoms with E-state index in [4.69, 9.17) is 4.98 Å². The van der Waals surface area contributed by atoms with Gasteiger partial charge in [-0.1, -0.05) is 17.3 Å². The predicted molar refractivity (Wildman–Crippen MR) is 130 cm³/mol. The maximum Gasteiger partial charge on any atom is 0.260 e. The average Bonchev–Trinajstić information content (AvgIpc) is 2.94. The Morgan fingerprint density at radius 3 is 2.42 bits per heavy atom. The maximum atomic E-state index is 12.9. The molecule has 2 aliphatic heterocycles. The number of anilines is 6. The van der Waals surface area contributed by atoms with Crippen LogP contribution in [0.2, 0.25) is 0 Å². The zero-order valence-corrected chi connectivity index (χ0v) is 18.6. The van der Waals surface area contributed by atoms with Crippen molar-refractivity contribution in [2.24, 2.45) is 5.18 Å². The topological polar surface area (TPSA) is 94.0 Å². The van der Waals surface area contributed by atoms with Crippen molar-refractivity contribution >= 4 is 40.4 Å². The summed E-state index contributed by atoms with van der Waals surface area (Å²) in [5.74, 6) is 1.01. The lowest BCUT2D eigenvalue weighted by Gasteiger charge is -2.31. The lowest BCUT2D eigenvalue weighted by molar-refractivity contribution is 0.0994. The molecule has 3 heterocycles. The van der Waals surface area contributed by atoms with Crippen molar-refractivity contribution in [2.75, 3.05) is 47.2 Å². The molecule has 5 rings (SSSR count). The van der Waals surface area contributed by atoms with Crippen LogP contribution in [0, 0.1) is 4.91 Å². The molecular weight excluding hydrogens is 418 g/mol. The van der Waals surface area contributed by atoms with Gasteiger partial charge in [0.05, 0.1) is 23.5 Å². The molecule has 1 saturated heterocycles. The van der Waals surface area contributed by atoms with Crippen molar-refractivity contribution in [1.82, 2.24) is 9.97 Å². The smallest absolute Gasteiger partial charge is 0.260 e. The van der Waals surface area contributed by atoms with Gasteiger partial charge in [-0.25, -0.2) is 4.98 Å². The van der Waals surface area contributed by atoms with E-state index in [-0.39, 0.29) is 11.9 Å². The van der Waals surface area contributed by atoms with Gasteiger partial charge in [0.15, 0.2) is 5.82 Å². The highest BCUT2D eigenvalue weighted by Crippen LogP contribution is 2.38. The highest BCUT2D eigenvalue weighted by Gasteiger charge is 2.28.